The Morgan fingerprint density at radius 3 is 2.79 bits per heavy atom. The maximum absolute atomic E-state index is 12.6. The van der Waals surface area contributed by atoms with Crippen LogP contribution in [0.15, 0.2) is 11.8 Å². The van der Waals surface area contributed by atoms with Crippen molar-refractivity contribution in [2.45, 2.75) is 57.0 Å². The third-order valence-electron chi connectivity index (χ3n) is 4.42. The molecular formula is C15H25N3O. The maximum atomic E-state index is 12.6. The quantitative estimate of drug-likeness (QED) is 0.835. The van der Waals surface area contributed by atoms with E-state index in [1.54, 1.807) is 0 Å². The Labute approximate surface area is 115 Å². The lowest BCUT2D eigenvalue weighted by atomic mass is 10.0. The van der Waals surface area contributed by atoms with Gasteiger partial charge in [-0.3, -0.25) is 9.69 Å². The molecule has 1 aliphatic heterocycles. The van der Waals surface area contributed by atoms with Gasteiger partial charge in [-0.2, -0.15) is 0 Å². The zero-order valence-electron chi connectivity index (χ0n) is 11.7. The van der Waals surface area contributed by atoms with Crippen molar-refractivity contribution in [2.24, 2.45) is 5.73 Å². The minimum Gasteiger partial charge on any atom is -0.326 e. The molecule has 0 spiro atoms. The van der Waals surface area contributed by atoms with Crippen molar-refractivity contribution in [1.82, 2.24) is 9.80 Å². The summed E-state index contributed by atoms with van der Waals surface area (Å²) in [6, 6.07) is 0.754. The molecule has 1 atom stereocenters. The number of hydrogen-bond acceptors (Lipinski definition) is 3. The van der Waals surface area contributed by atoms with Crippen molar-refractivity contribution in [3.63, 3.8) is 0 Å². The van der Waals surface area contributed by atoms with Crippen molar-refractivity contribution in [3.8, 4) is 0 Å². The Hall–Kier alpha value is -0.870. The van der Waals surface area contributed by atoms with Crippen LogP contribution < -0.4 is 5.73 Å². The highest BCUT2D eigenvalue weighted by atomic mass is 16.2. The number of carbonyl (C=O) groups excluding carboxylic acids is 1. The van der Waals surface area contributed by atoms with Gasteiger partial charge in [-0.1, -0.05) is 6.08 Å². The third kappa shape index (κ3) is 3.18. The number of allylic oxidation sites excluding steroid dienone is 2. The molecule has 106 valence electrons. The molecule has 0 bridgehead atoms. The number of amides is 1. The Morgan fingerprint density at radius 2 is 2.21 bits per heavy atom. The molecule has 0 aromatic carbocycles. The molecule has 0 aromatic heterocycles. The molecule has 4 heteroatoms. The Morgan fingerprint density at radius 1 is 1.37 bits per heavy atom. The predicted octanol–water partition coefficient (Wildman–Crippen LogP) is 1.47. The molecule has 0 aromatic rings. The first-order chi connectivity index (χ1) is 9.24. The summed E-state index contributed by atoms with van der Waals surface area (Å²) in [6.07, 6.45) is 10.4. The van der Waals surface area contributed by atoms with Gasteiger partial charge in [0.15, 0.2) is 0 Å². The summed E-state index contributed by atoms with van der Waals surface area (Å²) in [4.78, 5) is 16.9. The monoisotopic (exact) mass is 263 g/mol. The van der Waals surface area contributed by atoms with Gasteiger partial charge in [0, 0.05) is 30.9 Å². The molecule has 1 amide bonds. The average molecular weight is 263 g/mol. The SMILES string of the molecule is NC1CCN(CC(=O)N(C2=CCCCC2)C2CC2)C1. The van der Waals surface area contributed by atoms with Gasteiger partial charge < -0.3 is 10.6 Å². The van der Waals surface area contributed by atoms with Crippen LogP contribution in [0.25, 0.3) is 0 Å². The number of nitrogens with zero attached hydrogens (tertiary/aromatic N) is 2. The molecule has 0 radical (unpaired) electrons. The third-order valence-corrected chi connectivity index (χ3v) is 4.42. The van der Waals surface area contributed by atoms with E-state index >= 15 is 0 Å². The highest BCUT2D eigenvalue weighted by molar-refractivity contribution is 5.81. The molecule has 1 unspecified atom stereocenters. The van der Waals surface area contributed by atoms with Crippen LogP contribution in [0.5, 0.6) is 0 Å². The Balaban J connectivity index is 1.63. The second-order valence-electron chi connectivity index (χ2n) is 6.22. The normalized spacial score (nSPS) is 28.3. The molecular weight excluding hydrogens is 238 g/mol. The van der Waals surface area contributed by atoms with Crippen LogP contribution in [0.2, 0.25) is 0 Å². The fourth-order valence-corrected chi connectivity index (χ4v) is 3.24. The molecule has 2 N–H and O–H groups in total. The van der Waals surface area contributed by atoms with Crippen LogP contribution in [0, 0.1) is 0 Å². The van der Waals surface area contributed by atoms with E-state index in [9.17, 15) is 4.79 Å². The van der Waals surface area contributed by atoms with E-state index in [1.807, 2.05) is 0 Å². The molecule has 2 fully saturated rings. The van der Waals surface area contributed by atoms with Crippen LogP contribution >= 0.6 is 0 Å². The number of rotatable bonds is 4. The van der Waals surface area contributed by atoms with E-state index in [2.05, 4.69) is 15.9 Å². The molecule has 3 rings (SSSR count). The van der Waals surface area contributed by atoms with Crippen LogP contribution in [0.3, 0.4) is 0 Å². The number of carbonyl (C=O) groups is 1. The molecule has 1 saturated carbocycles. The van der Waals surface area contributed by atoms with Crippen molar-refractivity contribution in [3.05, 3.63) is 11.8 Å². The van der Waals surface area contributed by atoms with Crippen molar-refractivity contribution < 1.29 is 4.79 Å². The summed E-state index contributed by atoms with van der Waals surface area (Å²) in [5.41, 5.74) is 7.21. The van der Waals surface area contributed by atoms with Gasteiger partial charge in [-0.25, -0.2) is 0 Å². The first-order valence-electron chi connectivity index (χ1n) is 7.73. The molecule has 2 aliphatic carbocycles. The van der Waals surface area contributed by atoms with E-state index in [0.717, 1.165) is 32.4 Å². The maximum Gasteiger partial charge on any atom is 0.241 e. The summed E-state index contributed by atoms with van der Waals surface area (Å²) >= 11 is 0. The summed E-state index contributed by atoms with van der Waals surface area (Å²) in [5.74, 6) is 0.296. The fourth-order valence-electron chi connectivity index (χ4n) is 3.24. The van der Waals surface area contributed by atoms with Gasteiger partial charge in [0.1, 0.15) is 0 Å². The van der Waals surface area contributed by atoms with Gasteiger partial charge in [-0.15, -0.1) is 0 Å². The summed E-state index contributed by atoms with van der Waals surface area (Å²) in [7, 11) is 0. The predicted molar refractivity (Wildman–Crippen MR) is 75.5 cm³/mol. The second-order valence-corrected chi connectivity index (χ2v) is 6.22. The number of hydrogen-bond donors (Lipinski definition) is 1. The topological polar surface area (TPSA) is 49.6 Å². The minimum atomic E-state index is 0.260. The van der Waals surface area contributed by atoms with E-state index in [0.29, 0.717) is 18.5 Å². The van der Waals surface area contributed by atoms with Gasteiger partial charge in [-0.05, 0) is 44.9 Å². The van der Waals surface area contributed by atoms with E-state index in [1.165, 1.54) is 31.4 Å². The lowest BCUT2D eigenvalue weighted by molar-refractivity contribution is -0.131. The average Bonchev–Trinajstić information content (AvgIpc) is 3.14. The van der Waals surface area contributed by atoms with E-state index in [-0.39, 0.29) is 6.04 Å². The first-order valence-corrected chi connectivity index (χ1v) is 7.73. The van der Waals surface area contributed by atoms with Crippen molar-refractivity contribution in [1.29, 1.82) is 0 Å². The lowest BCUT2D eigenvalue weighted by Gasteiger charge is -2.29. The van der Waals surface area contributed by atoms with Gasteiger partial charge in [0.05, 0.1) is 6.54 Å². The Bertz CT molecular complexity index is 376. The van der Waals surface area contributed by atoms with Crippen LogP contribution in [-0.2, 0) is 4.79 Å². The van der Waals surface area contributed by atoms with E-state index < -0.39 is 0 Å². The standard InChI is InChI=1S/C15H25N3O/c16-12-8-9-17(10-12)11-15(19)18(14-6-7-14)13-4-2-1-3-5-13/h4,12,14H,1-3,5-11,16H2. The zero-order chi connectivity index (χ0) is 13.2. The summed E-state index contributed by atoms with van der Waals surface area (Å²) in [5, 5.41) is 0. The van der Waals surface area contributed by atoms with Crippen molar-refractivity contribution >= 4 is 5.91 Å². The molecule has 3 aliphatic rings. The van der Waals surface area contributed by atoms with Crippen molar-refractivity contribution in [2.75, 3.05) is 19.6 Å². The molecule has 1 saturated heterocycles. The van der Waals surface area contributed by atoms with E-state index in [4.69, 9.17) is 5.73 Å². The summed E-state index contributed by atoms with van der Waals surface area (Å²) < 4.78 is 0. The summed E-state index contributed by atoms with van der Waals surface area (Å²) in [6.45, 7) is 2.41. The molecule has 1 heterocycles. The van der Waals surface area contributed by atoms with Crippen LogP contribution in [0.4, 0.5) is 0 Å². The van der Waals surface area contributed by atoms with Crippen LogP contribution in [0.1, 0.15) is 44.9 Å². The zero-order valence-corrected chi connectivity index (χ0v) is 11.7. The highest BCUT2D eigenvalue weighted by Crippen LogP contribution is 2.33. The minimum absolute atomic E-state index is 0.260. The number of nitrogens with two attached hydrogens (primary N) is 1. The van der Waals surface area contributed by atoms with Gasteiger partial charge in [0.25, 0.3) is 0 Å². The van der Waals surface area contributed by atoms with Gasteiger partial charge in [0.2, 0.25) is 5.91 Å². The lowest BCUT2D eigenvalue weighted by Crippen LogP contribution is -2.41. The first kappa shape index (κ1) is 13.1. The second kappa shape index (κ2) is 5.63. The fraction of sp³-hybridized carbons (Fsp3) is 0.800. The van der Waals surface area contributed by atoms with Crippen LogP contribution in [-0.4, -0.2) is 47.4 Å². The Kier molecular flexibility index (Phi) is 3.89. The highest BCUT2D eigenvalue weighted by Gasteiger charge is 2.36. The number of likely N-dealkylation sites (tertiary alicyclic amines) is 1. The molecule has 19 heavy (non-hydrogen) atoms. The smallest absolute Gasteiger partial charge is 0.241 e. The van der Waals surface area contributed by atoms with Gasteiger partial charge >= 0.3 is 0 Å². The molecule has 4 nitrogen and oxygen atoms in total. The largest absolute Gasteiger partial charge is 0.326 e.